The first kappa shape index (κ1) is 13.8. The highest BCUT2D eigenvalue weighted by molar-refractivity contribution is 5.61. The van der Waals surface area contributed by atoms with E-state index < -0.39 is 0 Å². The number of rotatable bonds is 5. The number of aryl methyl sites for hydroxylation is 1. The van der Waals surface area contributed by atoms with Gasteiger partial charge in [0.15, 0.2) is 0 Å². The lowest BCUT2D eigenvalue weighted by atomic mass is 10.0. The lowest BCUT2D eigenvalue weighted by Crippen LogP contribution is -2.48. The molecule has 0 saturated heterocycles. The molecule has 0 aliphatic heterocycles. The third-order valence-corrected chi connectivity index (χ3v) is 3.21. The van der Waals surface area contributed by atoms with Gasteiger partial charge in [-0.15, -0.1) is 0 Å². The number of nitrogens with zero attached hydrogens (tertiary/aromatic N) is 1. The van der Waals surface area contributed by atoms with Crippen LogP contribution in [0.5, 0.6) is 5.75 Å². The van der Waals surface area contributed by atoms with Crippen LogP contribution in [0.1, 0.15) is 19.4 Å². The van der Waals surface area contributed by atoms with E-state index in [4.69, 9.17) is 4.74 Å². The molecule has 0 aliphatic rings. The number of methoxy groups -OCH3 is 1. The Morgan fingerprint density at radius 3 is 2.53 bits per heavy atom. The summed E-state index contributed by atoms with van der Waals surface area (Å²) >= 11 is 0. The van der Waals surface area contributed by atoms with Crippen molar-refractivity contribution in [2.75, 3.05) is 32.6 Å². The van der Waals surface area contributed by atoms with E-state index in [1.54, 1.807) is 7.11 Å². The summed E-state index contributed by atoms with van der Waals surface area (Å²) in [4.78, 5) is 2.26. The maximum atomic E-state index is 5.43. The van der Waals surface area contributed by atoms with E-state index in [-0.39, 0.29) is 5.54 Å². The summed E-state index contributed by atoms with van der Waals surface area (Å²) in [6.45, 7) is 7.44. The van der Waals surface area contributed by atoms with Crippen molar-refractivity contribution >= 4 is 5.69 Å². The van der Waals surface area contributed by atoms with Crippen molar-refractivity contribution < 1.29 is 4.74 Å². The average molecular weight is 236 g/mol. The normalized spacial score (nSPS) is 11.4. The van der Waals surface area contributed by atoms with Crippen LogP contribution in [0.2, 0.25) is 0 Å². The summed E-state index contributed by atoms with van der Waals surface area (Å²) in [6.07, 6.45) is 0. The summed E-state index contributed by atoms with van der Waals surface area (Å²) in [5, 5.41) is 3.23. The molecule has 0 fully saturated rings. The van der Waals surface area contributed by atoms with Gasteiger partial charge in [0.1, 0.15) is 5.75 Å². The average Bonchev–Trinajstić information content (AvgIpc) is 2.28. The van der Waals surface area contributed by atoms with Gasteiger partial charge in [-0.3, -0.25) is 0 Å². The van der Waals surface area contributed by atoms with E-state index in [1.165, 1.54) is 5.56 Å². The monoisotopic (exact) mass is 236 g/mol. The van der Waals surface area contributed by atoms with Crippen LogP contribution in [0.25, 0.3) is 0 Å². The summed E-state index contributed by atoms with van der Waals surface area (Å²) in [6, 6.07) is 6.26. The van der Waals surface area contributed by atoms with Gasteiger partial charge in [0, 0.05) is 19.1 Å². The van der Waals surface area contributed by atoms with Gasteiger partial charge in [0.2, 0.25) is 0 Å². The zero-order valence-corrected chi connectivity index (χ0v) is 11.8. The molecule has 1 aromatic rings. The van der Waals surface area contributed by atoms with Crippen LogP contribution >= 0.6 is 0 Å². The van der Waals surface area contributed by atoms with Gasteiger partial charge in [-0.2, -0.15) is 0 Å². The molecular formula is C14H24N2O. The Bertz CT molecular complexity index is 374. The van der Waals surface area contributed by atoms with E-state index in [2.05, 4.69) is 50.2 Å². The quantitative estimate of drug-likeness (QED) is 0.850. The minimum absolute atomic E-state index is 0.0375. The maximum absolute atomic E-state index is 5.43. The molecular weight excluding hydrogens is 212 g/mol. The lowest BCUT2D eigenvalue weighted by Gasteiger charge is -2.38. The van der Waals surface area contributed by atoms with Crippen LogP contribution in [-0.2, 0) is 0 Å². The highest BCUT2D eigenvalue weighted by Gasteiger charge is 2.25. The first-order chi connectivity index (χ1) is 7.92. The maximum Gasteiger partial charge on any atom is 0.142 e. The van der Waals surface area contributed by atoms with Crippen molar-refractivity contribution in [1.29, 1.82) is 0 Å². The molecule has 0 spiro atoms. The molecule has 17 heavy (non-hydrogen) atoms. The molecule has 0 aliphatic carbocycles. The largest absolute Gasteiger partial charge is 0.495 e. The molecule has 0 radical (unpaired) electrons. The second kappa shape index (κ2) is 5.41. The summed E-state index contributed by atoms with van der Waals surface area (Å²) in [7, 11) is 5.80. The van der Waals surface area contributed by atoms with Gasteiger partial charge in [-0.05, 0) is 45.5 Å². The Morgan fingerprint density at radius 2 is 2.00 bits per heavy atom. The molecule has 96 valence electrons. The third-order valence-electron chi connectivity index (χ3n) is 3.21. The smallest absolute Gasteiger partial charge is 0.142 e. The zero-order valence-electron chi connectivity index (χ0n) is 11.8. The fraction of sp³-hybridized carbons (Fsp3) is 0.571. The predicted molar refractivity (Wildman–Crippen MR) is 74.1 cm³/mol. The first-order valence-electron chi connectivity index (χ1n) is 5.95. The van der Waals surface area contributed by atoms with Crippen LogP contribution in [0.3, 0.4) is 0 Å². The molecule has 0 heterocycles. The van der Waals surface area contributed by atoms with E-state index >= 15 is 0 Å². The Balaban J connectivity index is 3.09. The standard InChI is InChI=1S/C14H24N2O/c1-11-7-8-13(17-6)12(9-11)16(5)14(2,3)10-15-4/h7-9,15H,10H2,1-6H3. The molecule has 3 nitrogen and oxygen atoms in total. The van der Waals surface area contributed by atoms with Crippen molar-refractivity contribution in [3.63, 3.8) is 0 Å². The van der Waals surface area contributed by atoms with Crippen molar-refractivity contribution in [3.05, 3.63) is 23.8 Å². The Morgan fingerprint density at radius 1 is 1.35 bits per heavy atom. The van der Waals surface area contributed by atoms with Crippen molar-refractivity contribution in [2.24, 2.45) is 0 Å². The second-order valence-corrected chi connectivity index (χ2v) is 5.08. The van der Waals surface area contributed by atoms with Crippen molar-refractivity contribution in [3.8, 4) is 5.75 Å². The number of hydrogen-bond donors (Lipinski definition) is 1. The minimum atomic E-state index is 0.0375. The molecule has 0 bridgehead atoms. The molecule has 1 rings (SSSR count). The molecule has 0 atom stereocenters. The van der Waals surface area contributed by atoms with Gasteiger partial charge < -0.3 is 15.0 Å². The van der Waals surface area contributed by atoms with Crippen LogP contribution in [0.4, 0.5) is 5.69 Å². The number of ether oxygens (including phenoxy) is 1. The predicted octanol–water partition coefficient (Wildman–Crippen LogP) is 2.44. The molecule has 0 aromatic heterocycles. The van der Waals surface area contributed by atoms with Crippen molar-refractivity contribution in [1.82, 2.24) is 5.32 Å². The molecule has 0 amide bonds. The molecule has 0 unspecified atom stereocenters. The van der Waals surface area contributed by atoms with Crippen molar-refractivity contribution in [2.45, 2.75) is 26.3 Å². The SMILES string of the molecule is CNCC(C)(C)N(C)c1cc(C)ccc1OC. The third kappa shape index (κ3) is 3.13. The van der Waals surface area contributed by atoms with Crippen LogP contribution in [0.15, 0.2) is 18.2 Å². The van der Waals surface area contributed by atoms with Gasteiger partial charge in [0.05, 0.1) is 12.8 Å². The van der Waals surface area contributed by atoms with Gasteiger partial charge in [-0.1, -0.05) is 6.07 Å². The first-order valence-corrected chi connectivity index (χ1v) is 5.95. The topological polar surface area (TPSA) is 24.5 Å². The highest BCUT2D eigenvalue weighted by atomic mass is 16.5. The number of likely N-dealkylation sites (N-methyl/N-ethyl adjacent to an activating group) is 2. The summed E-state index contributed by atoms with van der Waals surface area (Å²) in [5.74, 6) is 0.919. The Hall–Kier alpha value is -1.22. The fourth-order valence-corrected chi connectivity index (χ4v) is 1.94. The number of nitrogens with one attached hydrogen (secondary N) is 1. The second-order valence-electron chi connectivity index (χ2n) is 5.08. The van der Waals surface area contributed by atoms with E-state index in [0.717, 1.165) is 18.0 Å². The number of anilines is 1. The molecule has 0 saturated carbocycles. The van der Waals surface area contributed by atoms with Gasteiger partial charge >= 0.3 is 0 Å². The highest BCUT2D eigenvalue weighted by Crippen LogP contribution is 2.32. The van der Waals surface area contributed by atoms with Crippen LogP contribution in [0, 0.1) is 6.92 Å². The zero-order chi connectivity index (χ0) is 13.1. The van der Waals surface area contributed by atoms with Crippen LogP contribution in [-0.4, -0.2) is 33.3 Å². The lowest BCUT2D eigenvalue weighted by molar-refractivity contribution is 0.405. The van der Waals surface area contributed by atoms with E-state index in [9.17, 15) is 0 Å². The molecule has 1 N–H and O–H groups in total. The molecule has 1 aromatic carbocycles. The Kier molecular flexibility index (Phi) is 4.40. The van der Waals surface area contributed by atoms with Gasteiger partial charge in [0.25, 0.3) is 0 Å². The number of benzene rings is 1. The van der Waals surface area contributed by atoms with Crippen LogP contribution < -0.4 is 15.0 Å². The number of hydrogen-bond acceptors (Lipinski definition) is 3. The Labute approximate surface area is 105 Å². The van der Waals surface area contributed by atoms with Gasteiger partial charge in [-0.25, -0.2) is 0 Å². The van der Waals surface area contributed by atoms with E-state index in [1.807, 2.05) is 13.1 Å². The van der Waals surface area contributed by atoms with E-state index in [0.29, 0.717) is 0 Å². The summed E-state index contributed by atoms with van der Waals surface area (Å²) < 4.78 is 5.43. The fourth-order valence-electron chi connectivity index (χ4n) is 1.94. The molecule has 3 heteroatoms. The summed E-state index contributed by atoms with van der Waals surface area (Å²) in [5.41, 5.74) is 2.41. The minimum Gasteiger partial charge on any atom is -0.495 e.